The van der Waals surface area contributed by atoms with E-state index in [4.69, 9.17) is 16.6 Å². The van der Waals surface area contributed by atoms with E-state index in [-0.39, 0.29) is 17.1 Å². The first-order valence-corrected chi connectivity index (χ1v) is 10.7. The van der Waals surface area contributed by atoms with Crippen molar-refractivity contribution in [3.63, 3.8) is 0 Å². The molecule has 0 N–H and O–H groups in total. The number of halogens is 2. The molecule has 0 fully saturated rings. The van der Waals surface area contributed by atoms with Gasteiger partial charge in [0.2, 0.25) is 5.95 Å². The standard InChI is InChI=1S/C23H21ClFN5O2/c1-14-7-3-4-10-18(14)28-11-6-12-29-19-20(26-22(28)29)27(2)23(32)30(21(19)31)13-15-16(24)8-5-9-17(15)25/h3-5,7-10H,6,11-13H2,1-2H3. The average molecular weight is 454 g/mol. The molecule has 1 aliphatic heterocycles. The van der Waals surface area contributed by atoms with Gasteiger partial charge in [0.05, 0.1) is 6.54 Å². The second kappa shape index (κ2) is 7.63. The highest BCUT2D eigenvalue weighted by Crippen LogP contribution is 2.32. The van der Waals surface area contributed by atoms with Crippen molar-refractivity contribution in [3.05, 3.63) is 85.3 Å². The highest BCUT2D eigenvalue weighted by atomic mass is 35.5. The maximum absolute atomic E-state index is 14.4. The second-order valence-electron chi connectivity index (χ2n) is 7.96. The molecule has 5 rings (SSSR count). The number of hydrogen-bond donors (Lipinski definition) is 0. The van der Waals surface area contributed by atoms with E-state index in [9.17, 15) is 14.0 Å². The van der Waals surface area contributed by atoms with Gasteiger partial charge in [0.1, 0.15) is 5.82 Å². The van der Waals surface area contributed by atoms with Gasteiger partial charge in [0.25, 0.3) is 5.56 Å². The zero-order chi connectivity index (χ0) is 22.6. The zero-order valence-corrected chi connectivity index (χ0v) is 18.4. The fourth-order valence-corrected chi connectivity index (χ4v) is 4.56. The highest BCUT2D eigenvalue weighted by Gasteiger charge is 2.27. The molecule has 0 saturated carbocycles. The van der Waals surface area contributed by atoms with Crippen LogP contribution in [0.1, 0.15) is 17.5 Å². The number of imidazole rings is 1. The van der Waals surface area contributed by atoms with E-state index in [1.54, 1.807) is 7.05 Å². The third-order valence-corrected chi connectivity index (χ3v) is 6.36. The van der Waals surface area contributed by atoms with E-state index in [1.165, 1.54) is 22.8 Å². The van der Waals surface area contributed by atoms with Crippen LogP contribution < -0.4 is 16.1 Å². The number of aryl methyl sites for hydroxylation is 3. The monoisotopic (exact) mass is 453 g/mol. The lowest BCUT2D eigenvalue weighted by atomic mass is 10.1. The van der Waals surface area contributed by atoms with Gasteiger partial charge >= 0.3 is 5.69 Å². The lowest BCUT2D eigenvalue weighted by Crippen LogP contribution is -2.40. The Labute approximate surface area is 187 Å². The third-order valence-electron chi connectivity index (χ3n) is 6.00. The number of anilines is 2. The lowest BCUT2D eigenvalue weighted by Gasteiger charge is -2.30. The van der Waals surface area contributed by atoms with Crippen LogP contribution in [0.4, 0.5) is 16.0 Å². The first kappa shape index (κ1) is 20.5. The lowest BCUT2D eigenvalue weighted by molar-refractivity contribution is 0.578. The summed E-state index contributed by atoms with van der Waals surface area (Å²) in [5.74, 6) is 0.0573. The van der Waals surface area contributed by atoms with E-state index in [1.807, 2.05) is 35.8 Å². The molecule has 9 heteroatoms. The number of para-hydroxylation sites is 1. The average Bonchev–Trinajstić information content (AvgIpc) is 3.17. The number of hydrogen-bond acceptors (Lipinski definition) is 4. The van der Waals surface area contributed by atoms with Crippen LogP contribution in [0, 0.1) is 12.7 Å². The Morgan fingerprint density at radius 2 is 1.88 bits per heavy atom. The van der Waals surface area contributed by atoms with Gasteiger partial charge in [-0.05, 0) is 37.1 Å². The van der Waals surface area contributed by atoms with Gasteiger partial charge in [-0.3, -0.25) is 13.9 Å². The molecule has 0 atom stereocenters. The van der Waals surface area contributed by atoms with Crippen LogP contribution in [0.3, 0.4) is 0 Å². The number of benzene rings is 2. The molecule has 32 heavy (non-hydrogen) atoms. The van der Waals surface area contributed by atoms with Crippen LogP contribution in [0.5, 0.6) is 0 Å². The van der Waals surface area contributed by atoms with E-state index >= 15 is 0 Å². The number of fused-ring (bicyclic) bond motifs is 3. The van der Waals surface area contributed by atoms with Crippen molar-refractivity contribution in [2.45, 2.75) is 26.4 Å². The molecular weight excluding hydrogens is 433 g/mol. The highest BCUT2D eigenvalue weighted by molar-refractivity contribution is 6.31. The van der Waals surface area contributed by atoms with Crippen LogP contribution in [0.15, 0.2) is 52.1 Å². The van der Waals surface area contributed by atoms with E-state index in [0.29, 0.717) is 23.7 Å². The normalized spacial score (nSPS) is 13.6. The topological polar surface area (TPSA) is 65.1 Å². The van der Waals surface area contributed by atoms with Crippen molar-refractivity contribution in [2.24, 2.45) is 7.05 Å². The summed E-state index contributed by atoms with van der Waals surface area (Å²) < 4.78 is 18.6. The van der Waals surface area contributed by atoms with Gasteiger partial charge in [-0.15, -0.1) is 0 Å². The van der Waals surface area contributed by atoms with Crippen LogP contribution in [-0.4, -0.2) is 25.2 Å². The molecule has 0 bridgehead atoms. The van der Waals surface area contributed by atoms with E-state index < -0.39 is 17.1 Å². The summed E-state index contributed by atoms with van der Waals surface area (Å²) in [6.45, 7) is 3.12. The quantitative estimate of drug-likeness (QED) is 0.475. The molecule has 2 aromatic heterocycles. The first-order valence-electron chi connectivity index (χ1n) is 10.3. The molecule has 2 aromatic carbocycles. The largest absolute Gasteiger partial charge is 0.332 e. The summed E-state index contributed by atoms with van der Waals surface area (Å²) >= 11 is 6.15. The van der Waals surface area contributed by atoms with Crippen LogP contribution in [0.2, 0.25) is 5.02 Å². The molecule has 0 unspecified atom stereocenters. The van der Waals surface area contributed by atoms with Crippen molar-refractivity contribution in [2.75, 3.05) is 11.4 Å². The number of nitrogens with zero attached hydrogens (tertiary/aromatic N) is 5. The third kappa shape index (κ3) is 3.05. The summed E-state index contributed by atoms with van der Waals surface area (Å²) in [6, 6.07) is 12.3. The van der Waals surface area contributed by atoms with Crippen LogP contribution >= 0.6 is 11.6 Å². The van der Waals surface area contributed by atoms with Crippen molar-refractivity contribution < 1.29 is 4.39 Å². The predicted octanol–water partition coefficient (Wildman–Crippen LogP) is 3.59. The van der Waals surface area contributed by atoms with Gasteiger partial charge in [0, 0.05) is 36.4 Å². The Morgan fingerprint density at radius 3 is 2.62 bits per heavy atom. The zero-order valence-electron chi connectivity index (χ0n) is 17.7. The minimum absolute atomic E-state index is 0.104. The van der Waals surface area contributed by atoms with Crippen molar-refractivity contribution in [3.8, 4) is 0 Å². The Balaban J connectivity index is 1.74. The second-order valence-corrected chi connectivity index (χ2v) is 8.37. The fourth-order valence-electron chi connectivity index (χ4n) is 4.34. The summed E-state index contributed by atoms with van der Waals surface area (Å²) in [4.78, 5) is 33.3. The molecular formula is C23H21ClFN5O2. The predicted molar refractivity (Wildman–Crippen MR) is 123 cm³/mol. The number of aromatic nitrogens is 4. The Kier molecular flexibility index (Phi) is 4.89. The smallest absolute Gasteiger partial charge is 0.312 e. The summed E-state index contributed by atoms with van der Waals surface area (Å²) in [5, 5.41) is 0.167. The first-order chi connectivity index (χ1) is 15.4. The van der Waals surface area contributed by atoms with Gasteiger partial charge in [-0.1, -0.05) is 35.9 Å². The molecule has 0 radical (unpaired) electrons. The Bertz CT molecular complexity index is 1470. The summed E-state index contributed by atoms with van der Waals surface area (Å²) in [5.41, 5.74) is 1.76. The Hall–Kier alpha value is -3.39. The summed E-state index contributed by atoms with van der Waals surface area (Å²) in [6.07, 6.45) is 0.814. The molecule has 0 amide bonds. The van der Waals surface area contributed by atoms with Crippen molar-refractivity contribution in [1.29, 1.82) is 0 Å². The van der Waals surface area contributed by atoms with Gasteiger partial charge < -0.3 is 9.47 Å². The molecule has 4 aromatic rings. The molecule has 0 saturated heterocycles. The van der Waals surface area contributed by atoms with E-state index in [2.05, 4.69) is 4.90 Å². The maximum atomic E-state index is 14.4. The molecule has 0 spiro atoms. The van der Waals surface area contributed by atoms with Crippen LogP contribution in [-0.2, 0) is 20.1 Å². The fraction of sp³-hybridized carbons (Fsp3) is 0.261. The molecule has 0 aliphatic carbocycles. The van der Waals surface area contributed by atoms with Crippen LogP contribution in [0.25, 0.3) is 11.2 Å². The minimum Gasteiger partial charge on any atom is -0.312 e. The van der Waals surface area contributed by atoms with Crippen molar-refractivity contribution >= 4 is 34.4 Å². The Morgan fingerprint density at radius 1 is 1.09 bits per heavy atom. The molecule has 164 valence electrons. The van der Waals surface area contributed by atoms with Gasteiger partial charge in [0.15, 0.2) is 11.2 Å². The van der Waals surface area contributed by atoms with E-state index in [0.717, 1.165) is 28.8 Å². The summed E-state index contributed by atoms with van der Waals surface area (Å²) in [7, 11) is 1.57. The SMILES string of the molecule is Cc1ccccc1N1CCCn2c1nc1c2c(=O)n(Cc2c(F)cccc2Cl)c(=O)n1C. The van der Waals surface area contributed by atoms with Crippen molar-refractivity contribution in [1.82, 2.24) is 18.7 Å². The number of rotatable bonds is 3. The molecule has 3 heterocycles. The maximum Gasteiger partial charge on any atom is 0.332 e. The molecule has 7 nitrogen and oxygen atoms in total. The van der Waals surface area contributed by atoms with Gasteiger partial charge in [-0.2, -0.15) is 4.98 Å². The van der Waals surface area contributed by atoms with Gasteiger partial charge in [-0.25, -0.2) is 9.18 Å². The minimum atomic E-state index is -0.570. The molecule has 1 aliphatic rings.